The first-order valence-electron chi connectivity index (χ1n) is 5.34. The van der Waals surface area contributed by atoms with E-state index in [1.54, 1.807) is 0 Å². The summed E-state index contributed by atoms with van der Waals surface area (Å²) < 4.78 is 5.01. The van der Waals surface area contributed by atoms with Crippen LogP contribution in [0.15, 0.2) is 30.3 Å². The van der Waals surface area contributed by atoms with Crippen molar-refractivity contribution in [2.45, 2.75) is 25.5 Å². The van der Waals surface area contributed by atoms with E-state index in [9.17, 15) is 9.59 Å². The summed E-state index contributed by atoms with van der Waals surface area (Å²) in [6.45, 7) is 0.228. The Hall–Kier alpha value is -1.88. The van der Waals surface area contributed by atoms with E-state index in [1.807, 2.05) is 30.3 Å². The van der Waals surface area contributed by atoms with Crippen molar-refractivity contribution in [2.75, 3.05) is 0 Å². The Balaban J connectivity index is 2.24. The first kappa shape index (κ1) is 13.2. The van der Waals surface area contributed by atoms with Gasteiger partial charge in [-0.2, -0.15) is 0 Å². The fourth-order valence-corrected chi connectivity index (χ4v) is 1.23. The van der Waals surface area contributed by atoms with Gasteiger partial charge in [0, 0.05) is 6.42 Å². The molecule has 0 aliphatic heterocycles. The van der Waals surface area contributed by atoms with Crippen molar-refractivity contribution < 1.29 is 14.3 Å². The van der Waals surface area contributed by atoms with Crippen LogP contribution in [0.2, 0.25) is 0 Å². The number of primary amides is 1. The molecule has 0 aliphatic rings. The van der Waals surface area contributed by atoms with E-state index in [-0.39, 0.29) is 25.4 Å². The first-order chi connectivity index (χ1) is 8.09. The van der Waals surface area contributed by atoms with Gasteiger partial charge in [-0.25, -0.2) is 0 Å². The number of hydrogen-bond acceptors (Lipinski definition) is 4. The Morgan fingerprint density at radius 3 is 2.47 bits per heavy atom. The van der Waals surface area contributed by atoms with Crippen LogP contribution in [-0.2, 0) is 20.9 Å². The molecule has 0 saturated carbocycles. The van der Waals surface area contributed by atoms with Crippen molar-refractivity contribution in [2.24, 2.45) is 11.5 Å². The molecule has 0 saturated heterocycles. The van der Waals surface area contributed by atoms with Crippen molar-refractivity contribution in [1.82, 2.24) is 0 Å². The minimum Gasteiger partial charge on any atom is -0.461 e. The van der Waals surface area contributed by atoms with E-state index in [1.165, 1.54) is 0 Å². The number of amides is 1. The van der Waals surface area contributed by atoms with Crippen molar-refractivity contribution in [1.29, 1.82) is 0 Å². The van der Waals surface area contributed by atoms with Crippen LogP contribution in [0.3, 0.4) is 0 Å². The second-order valence-corrected chi connectivity index (χ2v) is 3.69. The molecule has 5 nitrogen and oxygen atoms in total. The zero-order chi connectivity index (χ0) is 12.7. The molecule has 0 aromatic heterocycles. The molecule has 0 unspecified atom stereocenters. The summed E-state index contributed by atoms with van der Waals surface area (Å²) in [6, 6.07) is 8.56. The highest BCUT2D eigenvalue weighted by molar-refractivity contribution is 5.80. The predicted molar refractivity (Wildman–Crippen MR) is 62.6 cm³/mol. The van der Waals surface area contributed by atoms with E-state index in [4.69, 9.17) is 16.2 Å². The molecule has 5 heteroatoms. The number of nitrogens with two attached hydrogens (primary N) is 2. The van der Waals surface area contributed by atoms with Crippen LogP contribution in [0.5, 0.6) is 0 Å². The number of ether oxygens (including phenoxy) is 1. The average molecular weight is 236 g/mol. The maximum Gasteiger partial charge on any atom is 0.306 e. The maximum atomic E-state index is 11.3. The Bertz CT molecular complexity index is 379. The molecule has 1 atom stereocenters. The monoisotopic (exact) mass is 236 g/mol. The van der Waals surface area contributed by atoms with Crippen LogP contribution in [0.25, 0.3) is 0 Å². The highest BCUT2D eigenvalue weighted by Gasteiger charge is 2.12. The van der Waals surface area contributed by atoms with Gasteiger partial charge < -0.3 is 16.2 Å². The van der Waals surface area contributed by atoms with E-state index < -0.39 is 11.9 Å². The largest absolute Gasteiger partial charge is 0.461 e. The molecule has 1 amide bonds. The summed E-state index contributed by atoms with van der Waals surface area (Å²) in [5.74, 6) is -0.994. The van der Waals surface area contributed by atoms with Gasteiger partial charge in [-0.3, -0.25) is 9.59 Å². The Labute approximate surface area is 99.7 Å². The lowest BCUT2D eigenvalue weighted by Gasteiger charge is -2.07. The first-order valence-corrected chi connectivity index (χ1v) is 5.34. The molecule has 1 aromatic rings. The fourth-order valence-electron chi connectivity index (χ4n) is 1.23. The molecule has 0 bridgehead atoms. The third-order valence-electron chi connectivity index (χ3n) is 2.27. The molecular weight excluding hydrogens is 220 g/mol. The van der Waals surface area contributed by atoms with Crippen LogP contribution in [0.4, 0.5) is 0 Å². The average Bonchev–Trinajstić information content (AvgIpc) is 2.34. The smallest absolute Gasteiger partial charge is 0.306 e. The number of rotatable bonds is 6. The van der Waals surface area contributed by atoms with E-state index >= 15 is 0 Å². The van der Waals surface area contributed by atoms with Crippen LogP contribution in [0, 0.1) is 0 Å². The van der Waals surface area contributed by atoms with Crippen LogP contribution >= 0.6 is 0 Å². The van der Waals surface area contributed by atoms with Crippen molar-refractivity contribution in [3.8, 4) is 0 Å². The zero-order valence-corrected chi connectivity index (χ0v) is 9.46. The van der Waals surface area contributed by atoms with Crippen molar-refractivity contribution in [3.63, 3.8) is 0 Å². The van der Waals surface area contributed by atoms with Crippen LogP contribution in [-0.4, -0.2) is 17.9 Å². The Kier molecular flexibility index (Phi) is 5.16. The van der Waals surface area contributed by atoms with Gasteiger partial charge in [0.15, 0.2) is 0 Å². The summed E-state index contributed by atoms with van der Waals surface area (Å²) in [5.41, 5.74) is 11.3. The van der Waals surface area contributed by atoms with Crippen molar-refractivity contribution >= 4 is 11.9 Å². The Morgan fingerprint density at radius 1 is 1.24 bits per heavy atom. The summed E-state index contributed by atoms with van der Waals surface area (Å²) in [6.07, 6.45) is 0.305. The molecular formula is C12H16N2O3. The third kappa shape index (κ3) is 5.12. The second kappa shape index (κ2) is 6.65. The number of esters is 1. The molecule has 1 rings (SSSR count). The van der Waals surface area contributed by atoms with Gasteiger partial charge in [0.05, 0.1) is 6.04 Å². The summed E-state index contributed by atoms with van der Waals surface area (Å²) in [5, 5.41) is 0. The second-order valence-electron chi connectivity index (χ2n) is 3.69. The summed E-state index contributed by atoms with van der Waals surface area (Å²) in [7, 11) is 0. The lowest BCUT2D eigenvalue weighted by atomic mass is 10.1. The molecule has 0 heterocycles. The lowest BCUT2D eigenvalue weighted by molar-refractivity contribution is -0.145. The number of hydrogen-bond donors (Lipinski definition) is 2. The molecule has 4 N–H and O–H groups in total. The van der Waals surface area contributed by atoms with Gasteiger partial charge in [-0.1, -0.05) is 30.3 Å². The van der Waals surface area contributed by atoms with E-state index in [2.05, 4.69) is 0 Å². The van der Waals surface area contributed by atoms with Gasteiger partial charge in [-0.05, 0) is 12.0 Å². The highest BCUT2D eigenvalue weighted by atomic mass is 16.5. The SMILES string of the molecule is NC(=O)[C@@H](N)CCC(=O)OCc1ccccc1. The molecule has 0 radical (unpaired) electrons. The lowest BCUT2D eigenvalue weighted by Crippen LogP contribution is -2.36. The molecule has 17 heavy (non-hydrogen) atoms. The fraction of sp³-hybridized carbons (Fsp3) is 0.333. The highest BCUT2D eigenvalue weighted by Crippen LogP contribution is 2.03. The van der Waals surface area contributed by atoms with Gasteiger partial charge >= 0.3 is 5.97 Å². The van der Waals surface area contributed by atoms with Gasteiger partial charge in [0.1, 0.15) is 6.61 Å². The number of benzene rings is 1. The van der Waals surface area contributed by atoms with Crippen LogP contribution in [0.1, 0.15) is 18.4 Å². The maximum absolute atomic E-state index is 11.3. The normalized spacial score (nSPS) is 11.8. The Morgan fingerprint density at radius 2 is 1.88 bits per heavy atom. The van der Waals surface area contributed by atoms with E-state index in [0.717, 1.165) is 5.56 Å². The quantitative estimate of drug-likeness (QED) is 0.695. The number of carbonyl (C=O) groups excluding carboxylic acids is 2. The summed E-state index contributed by atoms with van der Waals surface area (Å²) >= 11 is 0. The number of carbonyl (C=O) groups is 2. The molecule has 0 spiro atoms. The minimum atomic E-state index is -0.792. The van der Waals surface area contributed by atoms with Gasteiger partial charge in [-0.15, -0.1) is 0 Å². The molecule has 1 aromatic carbocycles. The third-order valence-corrected chi connectivity index (χ3v) is 2.27. The van der Waals surface area contributed by atoms with Crippen molar-refractivity contribution in [3.05, 3.63) is 35.9 Å². The zero-order valence-electron chi connectivity index (χ0n) is 9.46. The molecule has 92 valence electrons. The minimum absolute atomic E-state index is 0.0942. The van der Waals surface area contributed by atoms with E-state index in [0.29, 0.717) is 0 Å². The van der Waals surface area contributed by atoms with Gasteiger partial charge in [0.25, 0.3) is 0 Å². The molecule has 0 aliphatic carbocycles. The summed E-state index contributed by atoms with van der Waals surface area (Å²) in [4.78, 5) is 21.9. The molecule has 0 fully saturated rings. The van der Waals surface area contributed by atoms with Gasteiger partial charge in [0.2, 0.25) is 5.91 Å². The topological polar surface area (TPSA) is 95.4 Å². The van der Waals surface area contributed by atoms with Crippen LogP contribution < -0.4 is 11.5 Å². The predicted octanol–water partition coefficient (Wildman–Crippen LogP) is 0.323. The standard InChI is InChI=1S/C12H16N2O3/c13-10(12(14)16)6-7-11(15)17-8-9-4-2-1-3-5-9/h1-5,10H,6-8,13H2,(H2,14,16)/t10-/m0/s1.